The van der Waals surface area contributed by atoms with Crippen molar-refractivity contribution in [2.24, 2.45) is 4.99 Å². The molecule has 0 spiro atoms. The number of aliphatic imine (C=N–C) groups is 1. The highest BCUT2D eigenvalue weighted by Gasteiger charge is 2.20. The minimum atomic E-state index is -3.45. The van der Waals surface area contributed by atoms with Gasteiger partial charge in [0, 0.05) is 50.5 Å². The summed E-state index contributed by atoms with van der Waals surface area (Å²) < 4.78 is 26.3. The summed E-state index contributed by atoms with van der Waals surface area (Å²) in [4.78, 5) is 9.15. The molecule has 0 atom stereocenters. The first-order valence-corrected chi connectivity index (χ1v) is 11.3. The van der Waals surface area contributed by atoms with E-state index in [1.807, 2.05) is 24.3 Å². The molecular formula is C20H27ClIN5O2S. The van der Waals surface area contributed by atoms with Gasteiger partial charge in [-0.3, -0.25) is 4.99 Å². The molecule has 3 rings (SSSR count). The monoisotopic (exact) mass is 563 g/mol. The quantitative estimate of drug-likeness (QED) is 0.332. The van der Waals surface area contributed by atoms with Crippen LogP contribution in [0.4, 0.5) is 5.69 Å². The maximum absolute atomic E-state index is 12.0. The Bertz CT molecular complexity index is 979. The molecule has 2 aromatic rings. The number of guanidine groups is 1. The Morgan fingerprint density at radius 2 is 1.80 bits per heavy atom. The molecule has 0 bridgehead atoms. The van der Waals surface area contributed by atoms with Crippen molar-refractivity contribution in [3.8, 4) is 0 Å². The lowest BCUT2D eigenvalue weighted by Crippen LogP contribution is -2.52. The van der Waals surface area contributed by atoms with Crippen molar-refractivity contribution in [2.45, 2.75) is 11.4 Å². The molecule has 1 saturated heterocycles. The summed E-state index contributed by atoms with van der Waals surface area (Å²) in [5, 5.41) is 4.08. The number of halogens is 2. The Balaban J connectivity index is 0.00000320. The summed E-state index contributed by atoms with van der Waals surface area (Å²) in [6, 6.07) is 14.8. The number of rotatable bonds is 5. The predicted molar refractivity (Wildman–Crippen MR) is 134 cm³/mol. The Hall–Kier alpha value is -1.56. The molecule has 0 aliphatic carbocycles. The van der Waals surface area contributed by atoms with E-state index in [9.17, 15) is 8.42 Å². The summed E-state index contributed by atoms with van der Waals surface area (Å²) in [5.74, 6) is 0.803. The minimum Gasteiger partial charge on any atom is -0.368 e. The van der Waals surface area contributed by atoms with E-state index in [1.54, 1.807) is 25.2 Å². The molecule has 1 fully saturated rings. The van der Waals surface area contributed by atoms with Crippen LogP contribution >= 0.6 is 35.6 Å². The van der Waals surface area contributed by atoms with Gasteiger partial charge in [0.15, 0.2) is 5.96 Å². The molecule has 30 heavy (non-hydrogen) atoms. The summed E-state index contributed by atoms with van der Waals surface area (Å²) in [6.45, 7) is 3.91. The van der Waals surface area contributed by atoms with Gasteiger partial charge in [0.05, 0.1) is 4.90 Å². The first-order valence-electron chi connectivity index (χ1n) is 9.41. The lowest BCUT2D eigenvalue weighted by molar-refractivity contribution is 0.372. The molecular weight excluding hydrogens is 537 g/mol. The Labute approximate surface area is 200 Å². The average molecular weight is 564 g/mol. The van der Waals surface area contributed by atoms with Gasteiger partial charge in [-0.25, -0.2) is 13.1 Å². The highest BCUT2D eigenvalue weighted by molar-refractivity contribution is 14.0. The molecule has 0 aromatic heterocycles. The molecule has 1 heterocycles. The Morgan fingerprint density at radius 3 is 2.43 bits per heavy atom. The largest absolute Gasteiger partial charge is 0.368 e. The van der Waals surface area contributed by atoms with Crippen molar-refractivity contribution in [3.63, 3.8) is 0 Å². The van der Waals surface area contributed by atoms with E-state index in [-0.39, 0.29) is 28.9 Å². The number of piperazine rings is 1. The van der Waals surface area contributed by atoms with Gasteiger partial charge in [-0.1, -0.05) is 29.8 Å². The average Bonchev–Trinajstić information content (AvgIpc) is 2.75. The van der Waals surface area contributed by atoms with Crippen LogP contribution in [0.2, 0.25) is 5.02 Å². The predicted octanol–water partition coefficient (Wildman–Crippen LogP) is 2.76. The lowest BCUT2D eigenvalue weighted by Gasteiger charge is -2.37. The Kier molecular flexibility index (Phi) is 9.20. The second-order valence-electron chi connectivity index (χ2n) is 6.71. The van der Waals surface area contributed by atoms with Gasteiger partial charge in [-0.15, -0.1) is 24.0 Å². The van der Waals surface area contributed by atoms with Crippen LogP contribution in [0.5, 0.6) is 0 Å². The number of nitrogens with zero attached hydrogens (tertiary/aromatic N) is 3. The van der Waals surface area contributed by atoms with Crippen LogP contribution in [0.25, 0.3) is 0 Å². The fourth-order valence-electron chi connectivity index (χ4n) is 3.30. The first kappa shape index (κ1) is 24.7. The summed E-state index contributed by atoms with van der Waals surface area (Å²) in [6.07, 6.45) is 0. The molecule has 0 amide bonds. The summed E-state index contributed by atoms with van der Waals surface area (Å²) in [5.41, 5.74) is 2.00. The normalized spacial score (nSPS) is 15.0. The highest BCUT2D eigenvalue weighted by Crippen LogP contribution is 2.20. The van der Waals surface area contributed by atoms with Gasteiger partial charge in [0.25, 0.3) is 0 Å². The van der Waals surface area contributed by atoms with Gasteiger partial charge in [-0.05, 0) is 42.9 Å². The van der Waals surface area contributed by atoms with Gasteiger partial charge in [0.1, 0.15) is 0 Å². The molecule has 1 aliphatic rings. The molecule has 164 valence electrons. The lowest BCUT2D eigenvalue weighted by atomic mass is 10.2. The summed E-state index contributed by atoms with van der Waals surface area (Å²) >= 11 is 6.11. The number of anilines is 1. The van der Waals surface area contributed by atoms with Gasteiger partial charge < -0.3 is 15.1 Å². The van der Waals surface area contributed by atoms with Crippen LogP contribution in [0.3, 0.4) is 0 Å². The third-order valence-electron chi connectivity index (χ3n) is 4.89. The van der Waals surface area contributed by atoms with Crippen LogP contribution in [-0.4, -0.2) is 59.6 Å². The van der Waals surface area contributed by atoms with E-state index >= 15 is 0 Å². The molecule has 7 nitrogen and oxygen atoms in total. The van der Waals surface area contributed by atoms with E-state index in [2.05, 4.69) is 30.9 Å². The number of benzene rings is 2. The minimum absolute atomic E-state index is 0. The molecule has 0 saturated carbocycles. The van der Waals surface area contributed by atoms with Crippen molar-refractivity contribution in [1.29, 1.82) is 0 Å². The van der Waals surface area contributed by atoms with Crippen molar-refractivity contribution < 1.29 is 8.42 Å². The van der Waals surface area contributed by atoms with Crippen molar-refractivity contribution in [2.75, 3.05) is 45.2 Å². The molecule has 0 unspecified atom stereocenters. The topological polar surface area (TPSA) is 77.0 Å². The molecule has 2 N–H and O–H groups in total. The van der Waals surface area contributed by atoms with E-state index in [0.29, 0.717) is 6.54 Å². The number of hydrogen-bond donors (Lipinski definition) is 2. The van der Waals surface area contributed by atoms with Gasteiger partial charge in [-0.2, -0.15) is 0 Å². The smallest absolute Gasteiger partial charge is 0.240 e. The zero-order valence-corrected chi connectivity index (χ0v) is 20.9. The van der Waals surface area contributed by atoms with E-state index in [1.165, 1.54) is 7.05 Å². The zero-order chi connectivity index (χ0) is 20.9. The highest BCUT2D eigenvalue weighted by atomic mass is 127. The number of nitrogens with one attached hydrogen (secondary N) is 2. The van der Waals surface area contributed by atoms with E-state index in [0.717, 1.165) is 48.4 Å². The molecule has 0 radical (unpaired) electrons. The SMILES string of the molecule is CN=C(NCc1cccc(S(=O)(=O)NC)c1)N1CCN(c2cccc(Cl)c2)CC1.I. The second-order valence-corrected chi connectivity index (χ2v) is 9.03. The first-order chi connectivity index (χ1) is 13.9. The van der Waals surface area contributed by atoms with Crippen molar-refractivity contribution in [3.05, 3.63) is 59.1 Å². The van der Waals surface area contributed by atoms with E-state index in [4.69, 9.17) is 11.6 Å². The van der Waals surface area contributed by atoms with Crippen LogP contribution in [0, 0.1) is 0 Å². The third kappa shape index (κ3) is 6.22. The van der Waals surface area contributed by atoms with Gasteiger partial charge in [0.2, 0.25) is 10.0 Å². The maximum atomic E-state index is 12.0. The molecule has 1 aliphatic heterocycles. The maximum Gasteiger partial charge on any atom is 0.240 e. The zero-order valence-electron chi connectivity index (χ0n) is 17.0. The third-order valence-corrected chi connectivity index (χ3v) is 6.54. The standard InChI is InChI=1S/C20H26ClN5O2S.HI/c1-22-20(24-15-16-5-3-8-19(13-16)29(27,28)23-2)26-11-9-25(10-12-26)18-7-4-6-17(21)14-18;/h3-8,13-14,23H,9-12,15H2,1-2H3,(H,22,24);1H. The Morgan fingerprint density at radius 1 is 1.10 bits per heavy atom. The molecule has 2 aromatic carbocycles. The van der Waals surface area contributed by atoms with Crippen LogP contribution in [0.1, 0.15) is 5.56 Å². The van der Waals surface area contributed by atoms with Crippen LogP contribution in [-0.2, 0) is 16.6 Å². The number of hydrogen-bond acceptors (Lipinski definition) is 4. The van der Waals surface area contributed by atoms with Crippen molar-refractivity contribution in [1.82, 2.24) is 14.9 Å². The van der Waals surface area contributed by atoms with Gasteiger partial charge >= 0.3 is 0 Å². The van der Waals surface area contributed by atoms with E-state index < -0.39 is 10.0 Å². The fraction of sp³-hybridized carbons (Fsp3) is 0.350. The fourth-order valence-corrected chi connectivity index (χ4v) is 4.29. The van der Waals surface area contributed by atoms with Crippen LogP contribution < -0.4 is 14.9 Å². The summed E-state index contributed by atoms with van der Waals surface area (Å²) in [7, 11) is -0.289. The molecule has 10 heteroatoms. The van der Waals surface area contributed by atoms with Crippen LogP contribution in [0.15, 0.2) is 58.4 Å². The second kappa shape index (κ2) is 11.2. The number of sulfonamides is 1. The van der Waals surface area contributed by atoms with Crippen molar-refractivity contribution >= 4 is 57.2 Å².